The third kappa shape index (κ3) is 3.99. The van der Waals surface area contributed by atoms with Crippen molar-refractivity contribution in [1.29, 1.82) is 0 Å². The summed E-state index contributed by atoms with van der Waals surface area (Å²) in [6.45, 7) is 6.65. The predicted molar refractivity (Wildman–Crippen MR) is 96.9 cm³/mol. The van der Waals surface area contributed by atoms with Gasteiger partial charge in [-0.1, -0.05) is 0 Å². The highest BCUT2D eigenvalue weighted by molar-refractivity contribution is 5.36. The molecule has 0 amide bonds. The van der Waals surface area contributed by atoms with Gasteiger partial charge in [-0.3, -0.25) is 9.78 Å². The van der Waals surface area contributed by atoms with Crippen molar-refractivity contribution in [3.63, 3.8) is 0 Å². The number of nitrogens with one attached hydrogen (secondary N) is 1. The number of nitrogens with zero attached hydrogens (tertiary/aromatic N) is 4. The van der Waals surface area contributed by atoms with Crippen LogP contribution < -0.4 is 15.8 Å². The minimum atomic E-state index is -0.0229. The largest absolute Gasteiger partial charge is 0.506 e. The summed E-state index contributed by atoms with van der Waals surface area (Å²) < 4.78 is 1.68. The highest BCUT2D eigenvalue weighted by Gasteiger charge is 2.22. The van der Waals surface area contributed by atoms with Gasteiger partial charge in [0.25, 0.3) is 5.56 Å². The van der Waals surface area contributed by atoms with E-state index < -0.39 is 0 Å². The molecule has 0 atom stereocenters. The lowest BCUT2D eigenvalue weighted by Crippen LogP contribution is -2.44. The van der Waals surface area contributed by atoms with Gasteiger partial charge in [0, 0.05) is 50.3 Å². The van der Waals surface area contributed by atoms with Gasteiger partial charge in [-0.25, -0.2) is 4.98 Å². The van der Waals surface area contributed by atoms with Gasteiger partial charge in [0.1, 0.15) is 5.75 Å². The summed E-state index contributed by atoms with van der Waals surface area (Å²) in [6, 6.07) is 3.82. The number of aromatic nitrogens is 3. The van der Waals surface area contributed by atoms with Gasteiger partial charge in [-0.2, -0.15) is 0 Å². The molecule has 3 heterocycles. The van der Waals surface area contributed by atoms with Crippen LogP contribution in [0.15, 0.2) is 29.3 Å². The predicted octanol–water partition coefficient (Wildman–Crippen LogP) is 1.43. The Balaban J connectivity index is 1.57. The van der Waals surface area contributed by atoms with Crippen molar-refractivity contribution in [1.82, 2.24) is 19.9 Å². The lowest BCUT2D eigenvalue weighted by atomic mass is 10.0. The summed E-state index contributed by atoms with van der Waals surface area (Å²) in [4.78, 5) is 23.1. The molecule has 1 aliphatic heterocycles. The highest BCUT2D eigenvalue weighted by Crippen LogP contribution is 2.17. The number of aryl methyl sites for hydroxylation is 2. The van der Waals surface area contributed by atoms with Crippen LogP contribution in [-0.2, 0) is 13.1 Å². The van der Waals surface area contributed by atoms with Crippen LogP contribution in [0.2, 0.25) is 0 Å². The Labute approximate surface area is 147 Å². The van der Waals surface area contributed by atoms with Crippen molar-refractivity contribution >= 4 is 5.82 Å². The standard InChI is InChI=1S/C18H25N5O2/c1-3-22-11-8-19-17(18(22)25)23-9-6-14(7-10-23)20-12-15-16(24)5-4-13(2)21-15/h4-5,8,11,14,20,24H,3,6-7,9-10,12H2,1-2H3. The molecular formula is C18H25N5O2. The topological polar surface area (TPSA) is 83.3 Å². The number of aromatic hydroxyl groups is 1. The van der Waals surface area contributed by atoms with Crippen LogP contribution in [-0.4, -0.2) is 38.8 Å². The minimum absolute atomic E-state index is 0.0229. The smallest absolute Gasteiger partial charge is 0.293 e. The molecule has 0 radical (unpaired) electrons. The molecular weight excluding hydrogens is 318 g/mol. The number of hydrogen-bond donors (Lipinski definition) is 2. The second-order valence-corrected chi connectivity index (χ2v) is 6.40. The fourth-order valence-corrected chi connectivity index (χ4v) is 3.17. The second-order valence-electron chi connectivity index (χ2n) is 6.40. The molecule has 1 fully saturated rings. The number of pyridine rings is 1. The SMILES string of the molecule is CCn1ccnc(N2CCC(NCc3nc(C)ccc3O)CC2)c1=O. The lowest BCUT2D eigenvalue weighted by molar-refractivity contribution is 0.400. The van der Waals surface area contributed by atoms with E-state index in [0.717, 1.165) is 31.6 Å². The van der Waals surface area contributed by atoms with Crippen molar-refractivity contribution < 1.29 is 5.11 Å². The third-order valence-corrected chi connectivity index (χ3v) is 4.68. The van der Waals surface area contributed by atoms with Crippen molar-refractivity contribution in [2.24, 2.45) is 0 Å². The van der Waals surface area contributed by atoms with Crippen molar-refractivity contribution in [2.45, 2.75) is 45.8 Å². The maximum Gasteiger partial charge on any atom is 0.293 e. The molecule has 7 heteroatoms. The zero-order valence-corrected chi connectivity index (χ0v) is 14.8. The molecule has 2 aromatic rings. The monoisotopic (exact) mass is 343 g/mol. The van der Waals surface area contributed by atoms with Gasteiger partial charge in [-0.15, -0.1) is 0 Å². The minimum Gasteiger partial charge on any atom is -0.506 e. The van der Waals surface area contributed by atoms with Crippen LogP contribution >= 0.6 is 0 Å². The van der Waals surface area contributed by atoms with Gasteiger partial charge < -0.3 is 19.9 Å². The molecule has 7 nitrogen and oxygen atoms in total. The van der Waals surface area contributed by atoms with Gasteiger partial charge in [0.05, 0.1) is 5.69 Å². The normalized spacial score (nSPS) is 15.5. The first kappa shape index (κ1) is 17.4. The molecule has 134 valence electrons. The molecule has 0 bridgehead atoms. The van der Waals surface area contributed by atoms with E-state index in [-0.39, 0.29) is 11.3 Å². The second kappa shape index (κ2) is 7.65. The summed E-state index contributed by atoms with van der Waals surface area (Å²) in [5.74, 6) is 0.768. The van der Waals surface area contributed by atoms with Crippen molar-refractivity contribution in [2.75, 3.05) is 18.0 Å². The van der Waals surface area contributed by atoms with Crippen LogP contribution in [0.25, 0.3) is 0 Å². The molecule has 3 rings (SSSR count). The van der Waals surface area contributed by atoms with Crippen LogP contribution in [0.1, 0.15) is 31.2 Å². The molecule has 2 aromatic heterocycles. The van der Waals surface area contributed by atoms with Gasteiger partial charge >= 0.3 is 0 Å². The quantitative estimate of drug-likeness (QED) is 0.855. The first-order valence-electron chi connectivity index (χ1n) is 8.77. The Hall–Kier alpha value is -2.41. The van der Waals surface area contributed by atoms with Gasteiger partial charge in [-0.05, 0) is 38.8 Å². The van der Waals surface area contributed by atoms with Crippen LogP contribution in [0.4, 0.5) is 5.82 Å². The highest BCUT2D eigenvalue weighted by atomic mass is 16.3. The van der Waals surface area contributed by atoms with E-state index in [1.165, 1.54) is 0 Å². The lowest BCUT2D eigenvalue weighted by Gasteiger charge is -2.33. The number of hydrogen-bond acceptors (Lipinski definition) is 6. The summed E-state index contributed by atoms with van der Waals surface area (Å²) >= 11 is 0. The van der Waals surface area contributed by atoms with Gasteiger partial charge in [0.2, 0.25) is 0 Å². The van der Waals surface area contributed by atoms with E-state index in [2.05, 4.69) is 20.2 Å². The Bertz CT molecular complexity index is 781. The first-order valence-corrected chi connectivity index (χ1v) is 8.77. The molecule has 0 saturated carbocycles. The molecule has 25 heavy (non-hydrogen) atoms. The first-order chi connectivity index (χ1) is 12.1. The Morgan fingerprint density at radius 3 is 2.80 bits per heavy atom. The molecule has 0 spiro atoms. The molecule has 0 unspecified atom stereocenters. The molecule has 1 saturated heterocycles. The van der Waals surface area contributed by atoms with E-state index in [4.69, 9.17) is 0 Å². The number of piperidine rings is 1. The van der Waals surface area contributed by atoms with E-state index in [0.29, 0.717) is 30.6 Å². The maximum absolute atomic E-state index is 12.4. The number of anilines is 1. The molecule has 1 aliphatic rings. The average Bonchev–Trinajstić information content (AvgIpc) is 2.63. The Morgan fingerprint density at radius 1 is 1.32 bits per heavy atom. The summed E-state index contributed by atoms with van der Waals surface area (Å²) in [7, 11) is 0. The Morgan fingerprint density at radius 2 is 2.08 bits per heavy atom. The maximum atomic E-state index is 12.4. The van der Waals surface area contributed by atoms with Crippen molar-refractivity contribution in [3.05, 3.63) is 46.3 Å². The van der Waals surface area contributed by atoms with Crippen LogP contribution in [0.3, 0.4) is 0 Å². The summed E-state index contributed by atoms with van der Waals surface area (Å²) in [6.07, 6.45) is 5.27. The van der Waals surface area contributed by atoms with Crippen molar-refractivity contribution in [3.8, 4) is 5.75 Å². The zero-order valence-electron chi connectivity index (χ0n) is 14.8. The Kier molecular flexibility index (Phi) is 5.33. The summed E-state index contributed by atoms with van der Waals surface area (Å²) in [5.41, 5.74) is 1.55. The van der Waals surface area contributed by atoms with Crippen LogP contribution in [0.5, 0.6) is 5.75 Å². The average molecular weight is 343 g/mol. The zero-order chi connectivity index (χ0) is 17.8. The molecule has 2 N–H and O–H groups in total. The van der Waals surface area contributed by atoms with Gasteiger partial charge in [0.15, 0.2) is 5.82 Å². The van der Waals surface area contributed by atoms with Crippen LogP contribution in [0, 0.1) is 6.92 Å². The number of rotatable bonds is 5. The molecule has 0 aliphatic carbocycles. The summed E-state index contributed by atoms with van der Waals surface area (Å²) in [5, 5.41) is 13.3. The van der Waals surface area contributed by atoms with E-state index in [9.17, 15) is 9.90 Å². The fraction of sp³-hybridized carbons (Fsp3) is 0.500. The van der Waals surface area contributed by atoms with E-state index >= 15 is 0 Å². The van der Waals surface area contributed by atoms with E-state index in [1.54, 1.807) is 29.1 Å². The fourth-order valence-electron chi connectivity index (χ4n) is 3.17. The van der Waals surface area contributed by atoms with E-state index in [1.807, 2.05) is 13.8 Å². The third-order valence-electron chi connectivity index (χ3n) is 4.68. The molecule has 0 aromatic carbocycles.